The van der Waals surface area contributed by atoms with Crippen LogP contribution in [0.4, 0.5) is 5.69 Å². The highest BCUT2D eigenvalue weighted by Gasteiger charge is 2.43. The average molecular weight is 468 g/mol. The van der Waals surface area contributed by atoms with Gasteiger partial charge in [0.25, 0.3) is 5.91 Å². The molecule has 2 heterocycles. The zero-order chi connectivity index (χ0) is 24.7. The van der Waals surface area contributed by atoms with E-state index in [1.807, 2.05) is 50.2 Å². The lowest BCUT2D eigenvalue weighted by Crippen LogP contribution is -2.29. The maximum absolute atomic E-state index is 13.8. The zero-order valence-corrected chi connectivity index (χ0v) is 19.8. The maximum atomic E-state index is 13.8. The van der Waals surface area contributed by atoms with Gasteiger partial charge < -0.3 is 13.9 Å². The first-order valence-corrected chi connectivity index (χ1v) is 11.3. The molecule has 5 rings (SSSR count). The fourth-order valence-corrected chi connectivity index (χ4v) is 4.45. The van der Waals surface area contributed by atoms with Crippen molar-refractivity contribution in [1.29, 1.82) is 0 Å². The quantitative estimate of drug-likeness (QED) is 0.339. The smallest absolute Gasteiger partial charge is 0.295 e. The highest BCUT2D eigenvalue weighted by Crippen LogP contribution is 2.42. The summed E-state index contributed by atoms with van der Waals surface area (Å²) in [6, 6.07) is 17.6. The molecule has 6 nitrogen and oxygen atoms in total. The van der Waals surface area contributed by atoms with E-state index in [-0.39, 0.29) is 17.1 Å². The van der Waals surface area contributed by atoms with E-state index < -0.39 is 6.04 Å². The van der Waals surface area contributed by atoms with Crippen molar-refractivity contribution in [1.82, 2.24) is 0 Å². The molecule has 1 unspecified atom stereocenters. The highest BCUT2D eigenvalue weighted by atomic mass is 16.5. The van der Waals surface area contributed by atoms with Crippen LogP contribution in [0.5, 0.6) is 11.5 Å². The van der Waals surface area contributed by atoms with Crippen molar-refractivity contribution in [2.24, 2.45) is 0 Å². The summed E-state index contributed by atoms with van der Waals surface area (Å²) in [5.41, 5.74) is 3.93. The molecule has 0 saturated carbocycles. The molecule has 0 aliphatic carbocycles. The Kier molecular flexibility index (Phi) is 5.65. The molecule has 176 valence electrons. The third-order valence-electron chi connectivity index (χ3n) is 6.40. The molecule has 0 spiro atoms. The number of carbonyl (C=O) groups excluding carboxylic acids is 1. The van der Waals surface area contributed by atoms with E-state index in [4.69, 9.17) is 13.9 Å². The molecule has 1 aliphatic rings. The van der Waals surface area contributed by atoms with Gasteiger partial charge in [0.1, 0.15) is 23.7 Å². The third-order valence-corrected chi connectivity index (χ3v) is 6.40. The first kappa shape index (κ1) is 22.5. The van der Waals surface area contributed by atoms with Crippen molar-refractivity contribution in [2.45, 2.75) is 19.9 Å². The summed E-state index contributed by atoms with van der Waals surface area (Å²) >= 11 is 0. The van der Waals surface area contributed by atoms with Crippen molar-refractivity contribution < 1.29 is 18.7 Å². The number of carbonyl (C=O) groups is 1. The number of benzene rings is 3. The van der Waals surface area contributed by atoms with Crippen LogP contribution in [0.3, 0.4) is 0 Å². The average Bonchev–Trinajstić information content (AvgIpc) is 3.17. The van der Waals surface area contributed by atoms with Crippen LogP contribution >= 0.6 is 0 Å². The Morgan fingerprint density at radius 1 is 0.971 bits per heavy atom. The van der Waals surface area contributed by atoms with Gasteiger partial charge in [-0.3, -0.25) is 14.5 Å². The summed E-state index contributed by atoms with van der Waals surface area (Å²) in [6.07, 6.45) is 1.67. The molecular formula is C29H25NO5. The molecule has 6 heteroatoms. The van der Waals surface area contributed by atoms with Gasteiger partial charge in [-0.05, 0) is 79.1 Å². The molecular weight excluding hydrogens is 442 g/mol. The van der Waals surface area contributed by atoms with Gasteiger partial charge in [0, 0.05) is 5.69 Å². The number of amides is 1. The number of anilines is 1. The van der Waals surface area contributed by atoms with Gasteiger partial charge in [0.15, 0.2) is 5.43 Å². The number of ether oxygens (including phenoxy) is 2. The molecule has 1 aromatic heterocycles. The third kappa shape index (κ3) is 3.77. The van der Waals surface area contributed by atoms with Gasteiger partial charge in [-0.2, -0.15) is 0 Å². The number of nitrogens with zero attached hydrogens (tertiary/aromatic N) is 1. The number of fused-ring (bicyclic) bond motifs is 2. The van der Waals surface area contributed by atoms with Crippen LogP contribution in [0.25, 0.3) is 11.0 Å². The van der Waals surface area contributed by atoms with Crippen molar-refractivity contribution in [3.8, 4) is 11.5 Å². The Hall–Kier alpha value is -4.32. The first-order chi connectivity index (χ1) is 16.9. The zero-order valence-electron chi connectivity index (χ0n) is 19.8. The second-order valence-electron chi connectivity index (χ2n) is 8.55. The topological polar surface area (TPSA) is 69.0 Å². The van der Waals surface area contributed by atoms with E-state index in [1.54, 1.807) is 42.4 Å². The monoisotopic (exact) mass is 467 g/mol. The lowest BCUT2D eigenvalue weighted by atomic mass is 9.97. The number of methoxy groups -OCH3 is 1. The van der Waals surface area contributed by atoms with Gasteiger partial charge in [-0.25, -0.2) is 0 Å². The molecule has 1 amide bonds. The minimum Gasteiger partial charge on any atom is -0.497 e. The number of rotatable bonds is 6. The fourth-order valence-electron chi connectivity index (χ4n) is 4.45. The van der Waals surface area contributed by atoms with Crippen LogP contribution in [0.1, 0.15) is 38.9 Å². The Labute approximate surface area is 203 Å². The normalized spacial score (nSPS) is 14.8. The van der Waals surface area contributed by atoms with Crippen molar-refractivity contribution in [3.63, 3.8) is 0 Å². The van der Waals surface area contributed by atoms with Crippen LogP contribution in [0.2, 0.25) is 0 Å². The van der Waals surface area contributed by atoms with Gasteiger partial charge in [-0.1, -0.05) is 24.8 Å². The maximum Gasteiger partial charge on any atom is 0.295 e. The molecule has 3 aromatic carbocycles. The summed E-state index contributed by atoms with van der Waals surface area (Å²) in [6.45, 7) is 7.96. The highest BCUT2D eigenvalue weighted by molar-refractivity contribution is 6.10. The van der Waals surface area contributed by atoms with Gasteiger partial charge in [0.05, 0.1) is 24.1 Å². The van der Waals surface area contributed by atoms with E-state index in [2.05, 4.69) is 6.58 Å². The van der Waals surface area contributed by atoms with Crippen LogP contribution in [0, 0.1) is 13.8 Å². The lowest BCUT2D eigenvalue weighted by Gasteiger charge is -2.25. The number of aryl methyl sites for hydroxylation is 2. The van der Waals surface area contributed by atoms with Crippen molar-refractivity contribution in [2.75, 3.05) is 18.6 Å². The number of hydrogen-bond donors (Lipinski definition) is 0. The lowest BCUT2D eigenvalue weighted by molar-refractivity contribution is 0.0971. The van der Waals surface area contributed by atoms with Crippen LogP contribution < -0.4 is 19.8 Å². The Morgan fingerprint density at radius 2 is 1.63 bits per heavy atom. The van der Waals surface area contributed by atoms with Crippen LogP contribution in [-0.2, 0) is 0 Å². The van der Waals surface area contributed by atoms with Gasteiger partial charge >= 0.3 is 0 Å². The van der Waals surface area contributed by atoms with Gasteiger partial charge in [-0.15, -0.1) is 0 Å². The SMILES string of the molecule is C=CCOc1ccc(C2c3c(oc4cc(C)c(C)cc4c3=O)C(=O)N2c2ccc(OC)cc2)cc1. The second kappa shape index (κ2) is 8.80. The molecule has 35 heavy (non-hydrogen) atoms. The number of hydrogen-bond acceptors (Lipinski definition) is 5. The standard InChI is InChI=1S/C29H25NO5/c1-5-14-34-22-10-6-19(7-11-22)26-25-27(31)23-15-17(2)18(3)16-24(23)35-28(25)29(32)30(26)20-8-12-21(33-4)13-9-20/h5-13,15-16,26H,1,14H2,2-4H3. The van der Waals surface area contributed by atoms with Crippen LogP contribution in [0.15, 0.2) is 82.5 Å². The summed E-state index contributed by atoms with van der Waals surface area (Å²) in [4.78, 5) is 29.1. The largest absolute Gasteiger partial charge is 0.497 e. The summed E-state index contributed by atoms with van der Waals surface area (Å²) < 4.78 is 17.0. The molecule has 0 saturated heterocycles. The molecule has 1 atom stereocenters. The molecule has 0 N–H and O–H groups in total. The molecule has 0 bridgehead atoms. The van der Waals surface area contributed by atoms with E-state index >= 15 is 0 Å². The summed E-state index contributed by atoms with van der Waals surface area (Å²) in [5.74, 6) is 1.05. The molecule has 0 radical (unpaired) electrons. The van der Waals surface area contributed by atoms with Crippen molar-refractivity contribution in [3.05, 3.63) is 112 Å². The molecule has 1 aliphatic heterocycles. The first-order valence-electron chi connectivity index (χ1n) is 11.3. The molecule has 0 fully saturated rings. The fraction of sp³-hybridized carbons (Fsp3) is 0.172. The van der Waals surface area contributed by atoms with E-state index in [9.17, 15) is 9.59 Å². The second-order valence-corrected chi connectivity index (χ2v) is 8.55. The van der Waals surface area contributed by atoms with Crippen LogP contribution in [-0.4, -0.2) is 19.6 Å². The molecule has 4 aromatic rings. The summed E-state index contributed by atoms with van der Waals surface area (Å²) in [5, 5.41) is 0.465. The van der Waals surface area contributed by atoms with E-state index in [1.165, 1.54) is 0 Å². The van der Waals surface area contributed by atoms with E-state index in [0.717, 1.165) is 16.7 Å². The predicted molar refractivity (Wildman–Crippen MR) is 136 cm³/mol. The van der Waals surface area contributed by atoms with Crippen molar-refractivity contribution >= 4 is 22.6 Å². The predicted octanol–water partition coefficient (Wildman–Crippen LogP) is 5.73. The van der Waals surface area contributed by atoms with E-state index in [0.29, 0.717) is 40.3 Å². The Bertz CT molecular complexity index is 1500. The minimum absolute atomic E-state index is 0.0681. The van der Waals surface area contributed by atoms with Gasteiger partial charge in [0.2, 0.25) is 5.76 Å². The minimum atomic E-state index is -0.651. The Morgan fingerprint density at radius 3 is 2.29 bits per heavy atom. The Balaban J connectivity index is 1.72. The summed E-state index contributed by atoms with van der Waals surface area (Å²) in [7, 11) is 1.59.